The maximum atomic E-state index is 12.3. The molecule has 1 heterocycles. The molecule has 146 valence electrons. The normalized spacial score (nSPS) is 16.3. The second-order valence-electron chi connectivity index (χ2n) is 7.95. The van der Waals surface area contributed by atoms with Gasteiger partial charge in [-0.1, -0.05) is 13.8 Å². The summed E-state index contributed by atoms with van der Waals surface area (Å²) in [5, 5.41) is 3.03. The fraction of sp³-hybridized carbons (Fsp3) is 0.667. The Hall–Kier alpha value is -1.59. The fourth-order valence-electron chi connectivity index (χ4n) is 3.63. The summed E-state index contributed by atoms with van der Waals surface area (Å²) >= 11 is 0. The van der Waals surface area contributed by atoms with Crippen LogP contribution in [0.1, 0.15) is 34.6 Å². The SMILES string of the molecule is CCN(c1ccc(NC(=O)CN2CCN(CC(C)C)CC2)cc1)C(C)C. The molecule has 0 aromatic heterocycles. The van der Waals surface area contributed by atoms with Gasteiger partial charge >= 0.3 is 0 Å². The molecule has 1 fully saturated rings. The maximum absolute atomic E-state index is 12.3. The first-order valence-corrected chi connectivity index (χ1v) is 10.00. The molecule has 0 bridgehead atoms. The van der Waals surface area contributed by atoms with Crippen molar-refractivity contribution in [3.63, 3.8) is 0 Å². The number of hydrogen-bond acceptors (Lipinski definition) is 4. The number of carbonyl (C=O) groups is 1. The number of nitrogens with zero attached hydrogens (tertiary/aromatic N) is 3. The topological polar surface area (TPSA) is 38.8 Å². The minimum Gasteiger partial charge on any atom is -0.369 e. The van der Waals surface area contributed by atoms with Crippen molar-refractivity contribution in [3.8, 4) is 0 Å². The third-order valence-electron chi connectivity index (χ3n) is 4.90. The number of piperazine rings is 1. The smallest absolute Gasteiger partial charge is 0.238 e. The van der Waals surface area contributed by atoms with Crippen molar-refractivity contribution >= 4 is 17.3 Å². The zero-order valence-electron chi connectivity index (χ0n) is 17.2. The highest BCUT2D eigenvalue weighted by Gasteiger charge is 2.19. The van der Waals surface area contributed by atoms with Crippen LogP contribution in [0.15, 0.2) is 24.3 Å². The van der Waals surface area contributed by atoms with Gasteiger partial charge in [0.15, 0.2) is 0 Å². The lowest BCUT2D eigenvalue weighted by molar-refractivity contribution is -0.117. The largest absolute Gasteiger partial charge is 0.369 e. The van der Waals surface area contributed by atoms with E-state index in [4.69, 9.17) is 0 Å². The molecule has 5 nitrogen and oxygen atoms in total. The molecule has 0 radical (unpaired) electrons. The number of anilines is 2. The van der Waals surface area contributed by atoms with Crippen molar-refractivity contribution in [2.24, 2.45) is 5.92 Å². The molecule has 0 unspecified atom stereocenters. The Morgan fingerprint density at radius 3 is 2.12 bits per heavy atom. The Morgan fingerprint density at radius 1 is 1.04 bits per heavy atom. The van der Waals surface area contributed by atoms with Crippen LogP contribution in [-0.2, 0) is 4.79 Å². The quantitative estimate of drug-likeness (QED) is 0.773. The van der Waals surface area contributed by atoms with E-state index >= 15 is 0 Å². The number of benzene rings is 1. The molecule has 1 aliphatic rings. The standard InChI is InChI=1S/C21H36N4O/c1-6-25(18(4)5)20-9-7-19(8-10-20)22-21(26)16-24-13-11-23(12-14-24)15-17(2)3/h7-10,17-18H,6,11-16H2,1-5H3,(H,22,26). The van der Waals surface area contributed by atoms with Gasteiger partial charge in [0.1, 0.15) is 0 Å². The molecule has 26 heavy (non-hydrogen) atoms. The van der Waals surface area contributed by atoms with E-state index in [1.54, 1.807) is 0 Å². The van der Waals surface area contributed by atoms with Crippen LogP contribution in [0.5, 0.6) is 0 Å². The van der Waals surface area contributed by atoms with Gasteiger partial charge in [-0.3, -0.25) is 9.69 Å². The fourth-order valence-corrected chi connectivity index (χ4v) is 3.63. The van der Waals surface area contributed by atoms with Crippen LogP contribution in [0.4, 0.5) is 11.4 Å². The van der Waals surface area contributed by atoms with Crippen molar-refractivity contribution in [2.45, 2.75) is 40.7 Å². The Labute approximate surface area is 159 Å². The lowest BCUT2D eigenvalue weighted by Gasteiger charge is -2.35. The van der Waals surface area contributed by atoms with Crippen LogP contribution in [0.3, 0.4) is 0 Å². The molecule has 1 aromatic rings. The molecular weight excluding hydrogens is 324 g/mol. The molecule has 1 N–H and O–H groups in total. The predicted octanol–water partition coefficient (Wildman–Crippen LogP) is 3.13. The van der Waals surface area contributed by atoms with Crippen LogP contribution in [0.2, 0.25) is 0 Å². The van der Waals surface area contributed by atoms with Crippen molar-refractivity contribution in [1.82, 2.24) is 9.80 Å². The Bertz CT molecular complexity index is 548. The molecule has 2 rings (SSSR count). The Balaban J connectivity index is 1.79. The molecule has 5 heteroatoms. The van der Waals surface area contributed by atoms with Gasteiger partial charge in [-0.15, -0.1) is 0 Å². The first kappa shape index (κ1) is 20.7. The maximum Gasteiger partial charge on any atom is 0.238 e. The monoisotopic (exact) mass is 360 g/mol. The zero-order valence-corrected chi connectivity index (χ0v) is 17.2. The van der Waals surface area contributed by atoms with Crippen LogP contribution in [-0.4, -0.2) is 67.6 Å². The third kappa shape index (κ3) is 6.29. The van der Waals surface area contributed by atoms with Gasteiger partial charge < -0.3 is 15.1 Å². The summed E-state index contributed by atoms with van der Waals surface area (Å²) in [6.07, 6.45) is 0. The first-order chi connectivity index (χ1) is 12.4. The van der Waals surface area contributed by atoms with Gasteiger partial charge in [0.2, 0.25) is 5.91 Å². The molecular formula is C21H36N4O. The average Bonchev–Trinajstić information content (AvgIpc) is 2.58. The lowest BCUT2D eigenvalue weighted by atomic mass is 10.2. The molecule has 0 atom stereocenters. The summed E-state index contributed by atoms with van der Waals surface area (Å²) < 4.78 is 0. The summed E-state index contributed by atoms with van der Waals surface area (Å²) in [5.74, 6) is 0.776. The number of carbonyl (C=O) groups excluding carboxylic acids is 1. The molecule has 1 aliphatic heterocycles. The van der Waals surface area contributed by atoms with E-state index in [1.807, 2.05) is 12.1 Å². The average molecular weight is 361 g/mol. The molecule has 1 amide bonds. The Kier molecular flexibility index (Phi) is 7.91. The number of hydrogen-bond donors (Lipinski definition) is 1. The highest BCUT2D eigenvalue weighted by molar-refractivity contribution is 5.92. The van der Waals surface area contributed by atoms with E-state index in [9.17, 15) is 4.79 Å². The molecule has 0 spiro atoms. The highest BCUT2D eigenvalue weighted by Crippen LogP contribution is 2.20. The van der Waals surface area contributed by atoms with Crippen LogP contribution < -0.4 is 10.2 Å². The van der Waals surface area contributed by atoms with Crippen LogP contribution >= 0.6 is 0 Å². The van der Waals surface area contributed by atoms with Gasteiger partial charge in [-0.05, 0) is 51.0 Å². The molecule has 1 aromatic carbocycles. The van der Waals surface area contributed by atoms with Gasteiger partial charge in [0.25, 0.3) is 0 Å². The Morgan fingerprint density at radius 2 is 1.62 bits per heavy atom. The number of amides is 1. The van der Waals surface area contributed by atoms with Crippen molar-refractivity contribution in [3.05, 3.63) is 24.3 Å². The van der Waals surface area contributed by atoms with E-state index in [0.29, 0.717) is 18.5 Å². The van der Waals surface area contributed by atoms with E-state index in [-0.39, 0.29) is 5.91 Å². The second-order valence-corrected chi connectivity index (χ2v) is 7.95. The van der Waals surface area contributed by atoms with Gasteiger partial charge in [-0.25, -0.2) is 0 Å². The summed E-state index contributed by atoms with van der Waals surface area (Å²) in [5.41, 5.74) is 2.07. The summed E-state index contributed by atoms with van der Waals surface area (Å²) in [7, 11) is 0. The first-order valence-electron chi connectivity index (χ1n) is 10.00. The molecule has 0 aliphatic carbocycles. The summed E-state index contributed by atoms with van der Waals surface area (Å²) in [6.45, 7) is 17.7. The van der Waals surface area contributed by atoms with Crippen LogP contribution in [0.25, 0.3) is 0 Å². The van der Waals surface area contributed by atoms with Crippen LogP contribution in [0, 0.1) is 5.92 Å². The van der Waals surface area contributed by atoms with Gasteiger partial charge in [0.05, 0.1) is 6.54 Å². The van der Waals surface area contributed by atoms with Crippen molar-refractivity contribution in [2.75, 3.05) is 56.0 Å². The van der Waals surface area contributed by atoms with E-state index < -0.39 is 0 Å². The second kappa shape index (κ2) is 9.93. The van der Waals surface area contributed by atoms with E-state index in [0.717, 1.165) is 45.0 Å². The van der Waals surface area contributed by atoms with Crippen molar-refractivity contribution < 1.29 is 4.79 Å². The zero-order chi connectivity index (χ0) is 19.1. The van der Waals surface area contributed by atoms with E-state index in [1.165, 1.54) is 5.69 Å². The lowest BCUT2D eigenvalue weighted by Crippen LogP contribution is -2.49. The number of rotatable bonds is 8. The van der Waals surface area contributed by atoms with E-state index in [2.05, 4.69) is 66.8 Å². The minimum atomic E-state index is 0.0752. The highest BCUT2D eigenvalue weighted by atomic mass is 16.2. The predicted molar refractivity (Wildman–Crippen MR) is 111 cm³/mol. The van der Waals surface area contributed by atoms with Gasteiger partial charge in [-0.2, -0.15) is 0 Å². The summed E-state index contributed by atoms with van der Waals surface area (Å²) in [6, 6.07) is 8.64. The summed E-state index contributed by atoms with van der Waals surface area (Å²) in [4.78, 5) is 19.4. The molecule has 1 saturated heterocycles. The third-order valence-corrected chi connectivity index (χ3v) is 4.90. The number of nitrogens with one attached hydrogen (secondary N) is 1. The van der Waals surface area contributed by atoms with Gasteiger partial charge in [0, 0.05) is 56.7 Å². The van der Waals surface area contributed by atoms with Crippen molar-refractivity contribution in [1.29, 1.82) is 0 Å². The molecule has 0 saturated carbocycles. The minimum absolute atomic E-state index is 0.0752.